The van der Waals surface area contributed by atoms with Crippen molar-refractivity contribution in [2.24, 2.45) is 0 Å². The van der Waals surface area contributed by atoms with Gasteiger partial charge in [0.25, 0.3) is 5.91 Å². The fourth-order valence-corrected chi connectivity index (χ4v) is 3.23. The summed E-state index contributed by atoms with van der Waals surface area (Å²) in [5.74, 6) is 0.625. The van der Waals surface area contributed by atoms with Crippen LogP contribution in [0.15, 0.2) is 36.7 Å². The zero-order valence-electron chi connectivity index (χ0n) is 17.3. The summed E-state index contributed by atoms with van der Waals surface area (Å²) in [6, 6.07) is 7.81. The molecule has 158 valence electrons. The van der Waals surface area contributed by atoms with Gasteiger partial charge in [0.2, 0.25) is 5.95 Å². The van der Waals surface area contributed by atoms with Crippen LogP contribution in [-0.2, 0) is 0 Å². The zero-order chi connectivity index (χ0) is 21.7. The minimum atomic E-state index is -0.301. The van der Waals surface area contributed by atoms with Crippen molar-refractivity contribution in [2.75, 3.05) is 31.6 Å². The number of benzene rings is 1. The van der Waals surface area contributed by atoms with Crippen LogP contribution >= 0.6 is 0 Å². The van der Waals surface area contributed by atoms with E-state index >= 15 is 0 Å². The lowest BCUT2D eigenvalue weighted by molar-refractivity contribution is 0.0684. The van der Waals surface area contributed by atoms with E-state index in [1.165, 1.54) is 9.58 Å². The molecule has 9 nitrogen and oxygen atoms in total. The topological polar surface area (TPSA) is 116 Å². The van der Waals surface area contributed by atoms with Crippen LogP contribution in [0.5, 0.6) is 0 Å². The Morgan fingerprint density at radius 2 is 1.77 bits per heavy atom. The lowest BCUT2D eigenvalue weighted by Crippen LogP contribution is -2.36. The second kappa shape index (κ2) is 9.47. The largest absolute Gasteiger partial charge is 0.395 e. The first-order valence-corrected chi connectivity index (χ1v) is 9.67. The quantitative estimate of drug-likeness (QED) is 0.518. The molecule has 3 rings (SSSR count). The number of carbonyl (C=O) groups is 1. The Morgan fingerprint density at radius 3 is 2.40 bits per heavy atom. The maximum absolute atomic E-state index is 12.8. The smallest absolute Gasteiger partial charge is 0.257 e. The van der Waals surface area contributed by atoms with Crippen LogP contribution in [0.4, 0.5) is 11.6 Å². The first-order chi connectivity index (χ1) is 14.4. The van der Waals surface area contributed by atoms with Crippen LogP contribution in [0, 0.1) is 20.8 Å². The van der Waals surface area contributed by atoms with Crippen molar-refractivity contribution < 1.29 is 15.0 Å². The minimum Gasteiger partial charge on any atom is -0.395 e. The van der Waals surface area contributed by atoms with E-state index in [1.807, 2.05) is 26.0 Å². The van der Waals surface area contributed by atoms with Gasteiger partial charge in [-0.05, 0) is 44.0 Å². The van der Waals surface area contributed by atoms with Gasteiger partial charge in [0.1, 0.15) is 0 Å². The van der Waals surface area contributed by atoms with Crippen LogP contribution < -0.4 is 5.32 Å². The fraction of sp³-hybridized carbons (Fsp3) is 0.333. The number of nitrogens with zero attached hydrogens (tertiary/aromatic N) is 5. The lowest BCUT2D eigenvalue weighted by atomic mass is 10.1. The molecule has 0 radical (unpaired) electrons. The lowest BCUT2D eigenvalue weighted by Gasteiger charge is -2.20. The molecule has 30 heavy (non-hydrogen) atoms. The molecule has 2 aromatic heterocycles. The number of amides is 1. The van der Waals surface area contributed by atoms with E-state index in [0.717, 1.165) is 16.8 Å². The summed E-state index contributed by atoms with van der Waals surface area (Å²) in [6.45, 7) is 5.70. The molecule has 3 N–H and O–H groups in total. The van der Waals surface area contributed by atoms with E-state index < -0.39 is 0 Å². The number of hydrogen-bond acceptors (Lipinski definition) is 7. The van der Waals surface area contributed by atoms with Gasteiger partial charge in [0, 0.05) is 37.2 Å². The highest BCUT2D eigenvalue weighted by Gasteiger charge is 2.20. The molecule has 0 aliphatic rings. The molecular formula is C21H26N6O3. The van der Waals surface area contributed by atoms with E-state index in [9.17, 15) is 15.0 Å². The SMILES string of the molecule is Cc1cc(C)cc(Nc2nccc(-n3cc(C(=O)N(CCO)CCO)c(C)n3)n2)c1. The maximum atomic E-state index is 12.8. The molecule has 0 fully saturated rings. The molecule has 0 spiro atoms. The predicted octanol–water partition coefficient (Wildman–Crippen LogP) is 1.76. The highest BCUT2D eigenvalue weighted by atomic mass is 16.3. The normalized spacial score (nSPS) is 10.8. The van der Waals surface area contributed by atoms with E-state index in [0.29, 0.717) is 23.0 Å². The molecule has 0 aliphatic heterocycles. The summed E-state index contributed by atoms with van der Waals surface area (Å²) in [5.41, 5.74) is 4.08. The Hall–Kier alpha value is -3.30. The fourth-order valence-electron chi connectivity index (χ4n) is 3.23. The number of rotatable bonds is 8. The number of carbonyl (C=O) groups excluding carboxylic acids is 1. The maximum Gasteiger partial charge on any atom is 0.257 e. The predicted molar refractivity (Wildman–Crippen MR) is 113 cm³/mol. The Kier molecular flexibility index (Phi) is 6.76. The monoisotopic (exact) mass is 410 g/mol. The summed E-state index contributed by atoms with van der Waals surface area (Å²) in [4.78, 5) is 22.9. The molecule has 1 amide bonds. The average molecular weight is 410 g/mol. The van der Waals surface area contributed by atoms with Crippen molar-refractivity contribution in [1.82, 2.24) is 24.6 Å². The van der Waals surface area contributed by atoms with Crippen molar-refractivity contribution in [2.45, 2.75) is 20.8 Å². The van der Waals surface area contributed by atoms with Gasteiger partial charge in [-0.15, -0.1) is 0 Å². The van der Waals surface area contributed by atoms with Crippen LogP contribution in [0.1, 0.15) is 27.2 Å². The van der Waals surface area contributed by atoms with Gasteiger partial charge in [0.15, 0.2) is 5.82 Å². The highest BCUT2D eigenvalue weighted by Crippen LogP contribution is 2.18. The van der Waals surface area contributed by atoms with Gasteiger partial charge in [-0.3, -0.25) is 4.79 Å². The van der Waals surface area contributed by atoms with Gasteiger partial charge < -0.3 is 20.4 Å². The van der Waals surface area contributed by atoms with E-state index in [-0.39, 0.29) is 32.2 Å². The van der Waals surface area contributed by atoms with Crippen LogP contribution in [0.3, 0.4) is 0 Å². The first kappa shape index (κ1) is 21.4. The van der Waals surface area contributed by atoms with Gasteiger partial charge in [-0.25, -0.2) is 9.67 Å². The second-order valence-electron chi connectivity index (χ2n) is 7.05. The van der Waals surface area contributed by atoms with Crippen molar-refractivity contribution in [3.63, 3.8) is 0 Å². The molecular weight excluding hydrogens is 384 g/mol. The third-order valence-corrected chi connectivity index (χ3v) is 4.51. The Balaban J connectivity index is 1.85. The van der Waals surface area contributed by atoms with Gasteiger partial charge in [-0.1, -0.05) is 6.07 Å². The van der Waals surface area contributed by atoms with Crippen LogP contribution in [0.25, 0.3) is 5.82 Å². The molecule has 3 aromatic rings. The van der Waals surface area contributed by atoms with E-state index in [1.54, 1.807) is 25.4 Å². The number of aromatic nitrogens is 4. The molecule has 0 atom stereocenters. The molecule has 0 saturated carbocycles. The molecule has 0 saturated heterocycles. The van der Waals surface area contributed by atoms with Gasteiger partial charge >= 0.3 is 0 Å². The second-order valence-corrected chi connectivity index (χ2v) is 7.05. The van der Waals surface area contributed by atoms with Gasteiger partial charge in [0.05, 0.1) is 24.5 Å². The number of nitrogens with one attached hydrogen (secondary N) is 1. The van der Waals surface area contributed by atoms with Crippen molar-refractivity contribution in [3.05, 3.63) is 59.0 Å². The third-order valence-electron chi connectivity index (χ3n) is 4.51. The Bertz CT molecular complexity index is 1010. The van der Waals surface area contributed by atoms with Crippen LogP contribution in [0.2, 0.25) is 0 Å². The minimum absolute atomic E-state index is 0.140. The third kappa shape index (κ3) is 5.00. The van der Waals surface area contributed by atoms with E-state index in [4.69, 9.17) is 0 Å². The molecule has 0 bridgehead atoms. The highest BCUT2D eigenvalue weighted by molar-refractivity contribution is 5.95. The van der Waals surface area contributed by atoms with Crippen molar-refractivity contribution in [3.8, 4) is 5.82 Å². The molecule has 2 heterocycles. The van der Waals surface area contributed by atoms with Crippen molar-refractivity contribution >= 4 is 17.5 Å². The molecule has 0 unspecified atom stereocenters. The first-order valence-electron chi connectivity index (χ1n) is 9.67. The Morgan fingerprint density at radius 1 is 1.10 bits per heavy atom. The molecule has 1 aromatic carbocycles. The molecule has 9 heteroatoms. The number of aliphatic hydroxyl groups excluding tert-OH is 2. The molecule has 0 aliphatic carbocycles. The standard InChI is InChI=1S/C21H26N6O3/c1-14-10-15(2)12-17(11-14)23-21-22-5-4-19(24-21)27-13-18(16(3)25-27)20(30)26(6-8-28)7-9-29/h4-5,10-13,28-29H,6-9H2,1-3H3,(H,22,23,24). The number of hydrogen-bond donors (Lipinski definition) is 3. The number of anilines is 2. The van der Waals surface area contributed by atoms with E-state index in [2.05, 4.69) is 26.4 Å². The average Bonchev–Trinajstić information content (AvgIpc) is 3.08. The summed E-state index contributed by atoms with van der Waals surface area (Å²) in [5, 5.41) is 26.0. The van der Waals surface area contributed by atoms with Crippen LogP contribution in [-0.4, -0.2) is 67.1 Å². The summed E-state index contributed by atoms with van der Waals surface area (Å²) >= 11 is 0. The van der Waals surface area contributed by atoms with Gasteiger partial charge in [-0.2, -0.15) is 10.1 Å². The van der Waals surface area contributed by atoms with Crippen molar-refractivity contribution in [1.29, 1.82) is 0 Å². The summed E-state index contributed by atoms with van der Waals surface area (Å²) in [7, 11) is 0. The Labute approximate surface area is 175 Å². The summed E-state index contributed by atoms with van der Waals surface area (Å²) in [6.07, 6.45) is 3.22. The zero-order valence-corrected chi connectivity index (χ0v) is 17.3. The number of aliphatic hydroxyl groups is 2. The number of aryl methyl sites for hydroxylation is 3. The summed E-state index contributed by atoms with van der Waals surface area (Å²) < 4.78 is 1.52.